The molecule has 1 rings (SSSR count). The summed E-state index contributed by atoms with van der Waals surface area (Å²) in [6, 6.07) is 6.70. The number of halogens is 1. The molecule has 5 heteroatoms. The molecular weight excluding hydrogens is 271 g/mol. The van der Waals surface area contributed by atoms with Gasteiger partial charge in [-0.15, -0.1) is 0 Å². The summed E-state index contributed by atoms with van der Waals surface area (Å²) < 4.78 is 18.1. The van der Waals surface area contributed by atoms with E-state index < -0.39 is 6.10 Å². The van der Waals surface area contributed by atoms with Crippen LogP contribution in [0.2, 0.25) is 0 Å². The summed E-state index contributed by atoms with van der Waals surface area (Å²) >= 11 is 0. The number of ether oxygens (including phenoxy) is 1. The van der Waals surface area contributed by atoms with Crippen LogP contribution >= 0.6 is 0 Å². The first-order chi connectivity index (χ1) is 9.76. The average Bonchev–Trinajstić information content (AvgIpc) is 2.39. The van der Waals surface area contributed by atoms with Crippen LogP contribution in [0.5, 0.6) is 5.75 Å². The maximum Gasteiger partial charge on any atom is 0.251 e. The third-order valence-electron chi connectivity index (χ3n) is 2.82. The Morgan fingerprint density at radius 2 is 1.95 bits per heavy atom. The lowest BCUT2D eigenvalue weighted by Gasteiger charge is -2.20. The minimum atomic E-state index is -0.450. The summed E-state index contributed by atoms with van der Waals surface area (Å²) in [5.74, 6) is 0.413. The van der Waals surface area contributed by atoms with E-state index in [0.717, 1.165) is 0 Å². The van der Waals surface area contributed by atoms with E-state index in [1.807, 2.05) is 20.8 Å². The van der Waals surface area contributed by atoms with Crippen LogP contribution in [0.1, 0.15) is 38.1 Å². The van der Waals surface area contributed by atoms with Gasteiger partial charge >= 0.3 is 0 Å². The maximum absolute atomic E-state index is 12.6. The summed E-state index contributed by atoms with van der Waals surface area (Å²) in [6.07, 6.45) is 0.0183. The molecule has 1 aromatic carbocycles. The Bertz CT molecular complexity index is 504. The largest absolute Gasteiger partial charge is 0.486 e. The Balaban J connectivity index is 2.72. The zero-order valence-electron chi connectivity index (χ0n) is 12.9. The van der Waals surface area contributed by atoms with Crippen molar-refractivity contribution in [2.75, 3.05) is 6.54 Å². The van der Waals surface area contributed by atoms with Gasteiger partial charge in [0.25, 0.3) is 5.91 Å². The Kier molecular flexibility index (Phi) is 5.90. The van der Waals surface area contributed by atoms with Crippen molar-refractivity contribution in [1.29, 1.82) is 0 Å². The van der Waals surface area contributed by atoms with E-state index in [-0.39, 0.29) is 18.0 Å². The third kappa shape index (κ3) is 5.55. The SMILES string of the molecule is CC(Oc1ccc(C(=O)NC(C)(C)C)cc1)C(=CF)CN. The van der Waals surface area contributed by atoms with Gasteiger partial charge in [-0.05, 0) is 52.0 Å². The van der Waals surface area contributed by atoms with Gasteiger partial charge < -0.3 is 15.8 Å². The lowest BCUT2D eigenvalue weighted by Crippen LogP contribution is -2.40. The van der Waals surface area contributed by atoms with E-state index in [9.17, 15) is 9.18 Å². The normalized spacial score (nSPS) is 13.7. The zero-order chi connectivity index (χ0) is 16.0. The molecule has 0 aliphatic carbocycles. The number of hydrogen-bond acceptors (Lipinski definition) is 3. The van der Waals surface area contributed by atoms with Crippen LogP contribution in [0.25, 0.3) is 0 Å². The van der Waals surface area contributed by atoms with Gasteiger partial charge in [-0.3, -0.25) is 4.79 Å². The average molecular weight is 294 g/mol. The van der Waals surface area contributed by atoms with Gasteiger partial charge in [-0.1, -0.05) is 0 Å². The number of hydrogen-bond donors (Lipinski definition) is 2. The van der Waals surface area contributed by atoms with Crippen LogP contribution in [0.4, 0.5) is 4.39 Å². The van der Waals surface area contributed by atoms with Gasteiger partial charge in [0.05, 0.1) is 6.33 Å². The smallest absolute Gasteiger partial charge is 0.251 e. The molecule has 0 heterocycles. The monoisotopic (exact) mass is 294 g/mol. The fourth-order valence-electron chi connectivity index (χ4n) is 1.68. The van der Waals surface area contributed by atoms with Crippen molar-refractivity contribution in [1.82, 2.24) is 5.32 Å². The van der Waals surface area contributed by atoms with Crippen LogP contribution in [0.3, 0.4) is 0 Å². The quantitative estimate of drug-likeness (QED) is 0.877. The number of nitrogens with one attached hydrogen (secondary N) is 1. The molecule has 0 aliphatic heterocycles. The van der Waals surface area contributed by atoms with Crippen LogP contribution < -0.4 is 15.8 Å². The Morgan fingerprint density at radius 3 is 2.38 bits per heavy atom. The molecule has 0 bridgehead atoms. The molecule has 0 aromatic heterocycles. The topological polar surface area (TPSA) is 64.3 Å². The Hall–Kier alpha value is -1.88. The first-order valence-electron chi connectivity index (χ1n) is 6.85. The summed E-state index contributed by atoms with van der Waals surface area (Å²) in [5.41, 5.74) is 6.06. The predicted octanol–water partition coefficient (Wildman–Crippen LogP) is 2.79. The fraction of sp³-hybridized carbons (Fsp3) is 0.438. The van der Waals surface area contributed by atoms with E-state index in [0.29, 0.717) is 23.2 Å². The lowest BCUT2D eigenvalue weighted by molar-refractivity contribution is 0.0919. The van der Waals surface area contributed by atoms with Crippen LogP contribution in [-0.4, -0.2) is 24.1 Å². The van der Waals surface area contributed by atoms with Crippen LogP contribution in [0.15, 0.2) is 36.2 Å². The second-order valence-corrected chi connectivity index (χ2v) is 5.88. The molecule has 0 saturated carbocycles. The van der Waals surface area contributed by atoms with Gasteiger partial charge in [0.2, 0.25) is 0 Å². The van der Waals surface area contributed by atoms with E-state index in [1.54, 1.807) is 31.2 Å². The molecule has 1 unspecified atom stereocenters. The lowest BCUT2D eigenvalue weighted by atomic mass is 10.1. The molecule has 1 amide bonds. The van der Waals surface area contributed by atoms with E-state index >= 15 is 0 Å². The van der Waals surface area contributed by atoms with E-state index in [4.69, 9.17) is 10.5 Å². The number of nitrogens with two attached hydrogens (primary N) is 1. The van der Waals surface area contributed by atoms with E-state index in [2.05, 4.69) is 5.32 Å². The Labute approximate surface area is 125 Å². The van der Waals surface area contributed by atoms with Crippen molar-refractivity contribution in [3.8, 4) is 5.75 Å². The maximum atomic E-state index is 12.6. The van der Waals surface area contributed by atoms with Gasteiger partial charge in [0.15, 0.2) is 0 Å². The molecule has 21 heavy (non-hydrogen) atoms. The number of rotatable bonds is 5. The summed E-state index contributed by atoms with van der Waals surface area (Å²) in [7, 11) is 0. The second kappa shape index (κ2) is 7.22. The summed E-state index contributed by atoms with van der Waals surface area (Å²) in [5, 5.41) is 2.88. The molecule has 0 fully saturated rings. The molecule has 4 nitrogen and oxygen atoms in total. The van der Waals surface area contributed by atoms with Gasteiger partial charge in [0.1, 0.15) is 11.9 Å². The molecule has 0 saturated heterocycles. The van der Waals surface area contributed by atoms with Crippen molar-refractivity contribution in [2.45, 2.75) is 39.3 Å². The molecular formula is C16H23FN2O2. The number of carbonyl (C=O) groups excluding carboxylic acids is 1. The molecule has 1 atom stereocenters. The van der Waals surface area contributed by atoms with Gasteiger partial charge in [-0.2, -0.15) is 0 Å². The third-order valence-corrected chi connectivity index (χ3v) is 2.82. The highest BCUT2D eigenvalue weighted by atomic mass is 19.1. The van der Waals surface area contributed by atoms with E-state index in [1.165, 1.54) is 0 Å². The van der Waals surface area contributed by atoms with Crippen molar-refractivity contribution in [2.24, 2.45) is 5.73 Å². The predicted molar refractivity (Wildman–Crippen MR) is 82.0 cm³/mol. The molecule has 0 aliphatic rings. The number of benzene rings is 1. The highest BCUT2D eigenvalue weighted by Crippen LogP contribution is 2.17. The highest BCUT2D eigenvalue weighted by Gasteiger charge is 2.15. The highest BCUT2D eigenvalue weighted by molar-refractivity contribution is 5.94. The van der Waals surface area contributed by atoms with Crippen LogP contribution in [0, 0.1) is 0 Å². The first-order valence-corrected chi connectivity index (χ1v) is 6.85. The molecule has 3 N–H and O–H groups in total. The standard InChI is InChI=1S/C16H23FN2O2/c1-11(13(9-17)10-18)21-14-7-5-12(6-8-14)15(20)19-16(2,3)4/h5-9,11H,10,18H2,1-4H3,(H,19,20). The van der Waals surface area contributed by atoms with Crippen molar-refractivity contribution < 1.29 is 13.9 Å². The molecule has 1 aromatic rings. The first kappa shape index (κ1) is 17.2. The van der Waals surface area contributed by atoms with Crippen molar-refractivity contribution >= 4 is 5.91 Å². The van der Waals surface area contributed by atoms with Crippen molar-refractivity contribution in [3.63, 3.8) is 0 Å². The Morgan fingerprint density at radius 1 is 1.38 bits per heavy atom. The number of amides is 1. The molecule has 0 radical (unpaired) electrons. The van der Waals surface area contributed by atoms with Crippen molar-refractivity contribution in [3.05, 3.63) is 41.7 Å². The zero-order valence-corrected chi connectivity index (χ0v) is 12.9. The fourth-order valence-corrected chi connectivity index (χ4v) is 1.68. The van der Waals surface area contributed by atoms with Gasteiger partial charge in [0, 0.05) is 23.2 Å². The number of carbonyl (C=O) groups is 1. The molecule has 0 spiro atoms. The van der Waals surface area contributed by atoms with Crippen LogP contribution in [-0.2, 0) is 0 Å². The van der Waals surface area contributed by atoms with Gasteiger partial charge in [-0.25, -0.2) is 4.39 Å². The summed E-state index contributed by atoms with van der Waals surface area (Å²) in [6.45, 7) is 7.58. The second-order valence-electron chi connectivity index (χ2n) is 5.88. The minimum Gasteiger partial charge on any atom is -0.486 e. The summed E-state index contributed by atoms with van der Waals surface area (Å²) in [4.78, 5) is 12.0. The minimum absolute atomic E-state index is 0.101. The molecule has 116 valence electrons.